The monoisotopic (exact) mass is 681 g/mol. The summed E-state index contributed by atoms with van der Waals surface area (Å²) < 4.78 is 5.04. The molecule has 0 bridgehead atoms. The van der Waals surface area contributed by atoms with E-state index in [1.54, 1.807) is 4.90 Å². The summed E-state index contributed by atoms with van der Waals surface area (Å²) in [5, 5.41) is 5.18. The van der Waals surface area contributed by atoms with Gasteiger partial charge in [-0.05, 0) is 74.0 Å². The van der Waals surface area contributed by atoms with Crippen LogP contribution in [0.5, 0.6) is 0 Å². The maximum absolute atomic E-state index is 14.6. The van der Waals surface area contributed by atoms with Crippen LogP contribution in [0.3, 0.4) is 0 Å². The van der Waals surface area contributed by atoms with E-state index in [1.165, 1.54) is 0 Å². The van der Waals surface area contributed by atoms with Crippen molar-refractivity contribution in [2.75, 3.05) is 6.54 Å². The minimum Gasteiger partial charge on any atom is -0.375 e. The summed E-state index contributed by atoms with van der Waals surface area (Å²) in [4.78, 5) is 95.5. The molecule has 270 valence electrons. The first-order valence-electron chi connectivity index (χ1n) is 18.7. The fourth-order valence-electron chi connectivity index (χ4n) is 8.69. The Balaban J connectivity index is 1.36. The van der Waals surface area contributed by atoms with Crippen LogP contribution in [0.15, 0.2) is 15.4 Å². The fourth-order valence-corrected chi connectivity index (χ4v) is 8.69. The summed E-state index contributed by atoms with van der Waals surface area (Å²) in [6, 6.07) is -0.587. The van der Waals surface area contributed by atoms with Gasteiger partial charge < -0.3 is 14.7 Å². The first-order chi connectivity index (χ1) is 23.3. The molecule has 2 amide bonds. The first kappa shape index (κ1) is 36.9. The number of hydrogen-bond donors (Lipinski definition) is 2. The van der Waals surface area contributed by atoms with Gasteiger partial charge in [-0.2, -0.15) is 5.16 Å². The minimum absolute atomic E-state index is 0.0177. The third-order valence-electron chi connectivity index (χ3n) is 11.6. The second kappa shape index (κ2) is 15.7. The number of rotatable bonds is 16. The predicted molar refractivity (Wildman–Crippen MR) is 181 cm³/mol. The molecule has 5 rings (SSSR count). The molecule has 2 heterocycles. The van der Waals surface area contributed by atoms with Crippen molar-refractivity contribution in [1.82, 2.24) is 15.4 Å². The molecule has 1 aromatic rings. The molecule has 49 heavy (non-hydrogen) atoms. The quantitative estimate of drug-likeness (QED) is 0.177. The highest BCUT2D eigenvalue weighted by Crippen LogP contribution is 2.44. The Morgan fingerprint density at radius 1 is 0.959 bits per heavy atom. The van der Waals surface area contributed by atoms with Gasteiger partial charge in [0.1, 0.15) is 6.04 Å². The number of nitrogens with zero attached hydrogens (tertiary/aromatic N) is 1. The summed E-state index contributed by atoms with van der Waals surface area (Å²) in [5.74, 6) is -3.34. The maximum Gasteiger partial charge on any atom is 0.280 e. The molecule has 4 fully saturated rings. The van der Waals surface area contributed by atoms with Gasteiger partial charge in [0.15, 0.2) is 11.6 Å². The SMILES string of the molecule is CCC[C@H](CC(=O)C1[C@H]2CCCC2CN1C(=O)[C@@H](NC(=O)[C@@H](CC(=O)c1cc(=O)[nH]o1)C1CCCCC1)C(C)(C)C)C(=O)C(=O)CC1CC1. The maximum atomic E-state index is 14.6. The van der Waals surface area contributed by atoms with Gasteiger partial charge in [0.25, 0.3) is 5.56 Å². The summed E-state index contributed by atoms with van der Waals surface area (Å²) in [5.41, 5.74) is -1.25. The average molecular weight is 682 g/mol. The van der Waals surface area contributed by atoms with Crippen molar-refractivity contribution in [3.05, 3.63) is 22.2 Å². The normalized spacial score (nSPS) is 24.6. The van der Waals surface area contributed by atoms with Crippen LogP contribution >= 0.6 is 0 Å². The molecule has 11 heteroatoms. The van der Waals surface area contributed by atoms with E-state index < -0.39 is 52.4 Å². The van der Waals surface area contributed by atoms with Crippen molar-refractivity contribution in [2.24, 2.45) is 40.9 Å². The van der Waals surface area contributed by atoms with Crippen molar-refractivity contribution in [3.8, 4) is 0 Å². The van der Waals surface area contributed by atoms with E-state index in [0.717, 1.165) is 70.3 Å². The summed E-state index contributed by atoms with van der Waals surface area (Å²) >= 11 is 0. The molecular weight excluding hydrogens is 626 g/mol. The lowest BCUT2D eigenvalue weighted by Crippen LogP contribution is -2.58. The second-order valence-corrected chi connectivity index (χ2v) is 16.4. The number of ketones is 4. The van der Waals surface area contributed by atoms with Crippen LogP contribution in [0.25, 0.3) is 0 Å². The minimum atomic E-state index is -0.964. The van der Waals surface area contributed by atoms with Crippen molar-refractivity contribution >= 4 is 34.9 Å². The van der Waals surface area contributed by atoms with E-state index in [-0.39, 0.29) is 66.2 Å². The van der Waals surface area contributed by atoms with Gasteiger partial charge in [-0.25, -0.2) is 0 Å². The molecule has 6 atom stereocenters. The van der Waals surface area contributed by atoms with Crippen LogP contribution in [-0.2, 0) is 24.0 Å². The third-order valence-corrected chi connectivity index (χ3v) is 11.6. The van der Waals surface area contributed by atoms with E-state index in [2.05, 4.69) is 10.5 Å². The summed E-state index contributed by atoms with van der Waals surface area (Å²) in [7, 11) is 0. The molecule has 0 aromatic carbocycles. The van der Waals surface area contributed by atoms with Gasteiger partial charge in [0.05, 0.1) is 12.1 Å². The highest BCUT2D eigenvalue weighted by atomic mass is 16.5. The Hall–Kier alpha value is -3.37. The number of likely N-dealkylation sites (tertiary alicyclic amines) is 1. The molecule has 4 aliphatic rings. The van der Waals surface area contributed by atoms with Gasteiger partial charge >= 0.3 is 0 Å². The molecule has 0 radical (unpaired) electrons. The zero-order chi connectivity index (χ0) is 35.5. The molecule has 1 aromatic heterocycles. The lowest BCUT2D eigenvalue weighted by Gasteiger charge is -2.38. The van der Waals surface area contributed by atoms with Gasteiger partial charge in [-0.15, -0.1) is 0 Å². The molecule has 1 aliphatic heterocycles. The molecule has 2 N–H and O–H groups in total. The number of H-pyrrole nitrogens is 1. The van der Waals surface area contributed by atoms with Crippen molar-refractivity contribution in [1.29, 1.82) is 0 Å². The van der Waals surface area contributed by atoms with Crippen LogP contribution in [0.1, 0.15) is 135 Å². The molecule has 1 saturated heterocycles. The van der Waals surface area contributed by atoms with E-state index >= 15 is 0 Å². The molecule has 3 aliphatic carbocycles. The number of carbonyl (C=O) groups excluding carboxylic acids is 6. The number of carbonyl (C=O) groups is 6. The van der Waals surface area contributed by atoms with Crippen LogP contribution in [0.2, 0.25) is 0 Å². The Morgan fingerprint density at radius 2 is 1.67 bits per heavy atom. The van der Waals surface area contributed by atoms with Crippen molar-refractivity contribution in [2.45, 2.75) is 136 Å². The van der Waals surface area contributed by atoms with Gasteiger partial charge in [-0.1, -0.05) is 59.8 Å². The van der Waals surface area contributed by atoms with Crippen LogP contribution in [0, 0.1) is 40.9 Å². The summed E-state index contributed by atoms with van der Waals surface area (Å²) in [6.07, 6.45) is 10.3. The number of aromatic amines is 1. The largest absolute Gasteiger partial charge is 0.375 e. The number of nitrogens with one attached hydrogen (secondary N) is 2. The molecular formula is C38H55N3O8. The topological polar surface area (TPSA) is 164 Å². The Morgan fingerprint density at radius 3 is 2.29 bits per heavy atom. The Bertz CT molecular complexity index is 1460. The van der Waals surface area contributed by atoms with Crippen molar-refractivity contribution in [3.63, 3.8) is 0 Å². The van der Waals surface area contributed by atoms with Crippen LogP contribution < -0.4 is 10.9 Å². The van der Waals surface area contributed by atoms with Crippen molar-refractivity contribution < 1.29 is 33.3 Å². The van der Waals surface area contributed by atoms with Crippen LogP contribution in [0.4, 0.5) is 0 Å². The second-order valence-electron chi connectivity index (χ2n) is 16.4. The van der Waals surface area contributed by atoms with E-state index in [1.807, 2.05) is 27.7 Å². The number of aromatic nitrogens is 1. The Labute approximate surface area is 289 Å². The van der Waals surface area contributed by atoms with Gasteiger partial charge in [0.2, 0.25) is 29.1 Å². The standard InChI is InChI=1S/C38H55N3O8/c1-5-10-24(34(46)30(44)17-22-15-16-22)18-29(43)33-26-14-9-13-25(26)21-41(33)37(48)35(38(2,3)4)39-36(47)27(23-11-7-6-8-12-23)19-28(42)31-20-32(45)40-49-31/h20,22-27,33,35H,5-19,21H2,1-4H3,(H,39,47)(H,40,45)/t24-,25?,26+,27+,33?,35-/m1/s1. The molecule has 0 spiro atoms. The molecule has 3 saturated carbocycles. The predicted octanol–water partition coefficient (Wildman–Crippen LogP) is 5.21. The highest BCUT2D eigenvalue weighted by molar-refractivity contribution is 6.38. The lowest BCUT2D eigenvalue weighted by atomic mass is 9.76. The first-order valence-corrected chi connectivity index (χ1v) is 18.7. The van der Waals surface area contributed by atoms with Crippen LogP contribution in [-0.4, -0.2) is 63.6 Å². The molecule has 11 nitrogen and oxygen atoms in total. The third kappa shape index (κ3) is 8.87. The van der Waals surface area contributed by atoms with Gasteiger partial charge in [-0.3, -0.25) is 33.6 Å². The smallest absolute Gasteiger partial charge is 0.280 e. The highest BCUT2D eigenvalue weighted by Gasteiger charge is 2.52. The van der Waals surface area contributed by atoms with E-state index in [9.17, 15) is 33.6 Å². The number of hydrogen-bond acceptors (Lipinski definition) is 8. The number of Topliss-reactive ketones (excluding diaryl/α,β-unsaturated/α-hetero) is 4. The number of amides is 2. The fraction of sp³-hybridized carbons (Fsp3) is 0.763. The van der Waals surface area contributed by atoms with E-state index in [4.69, 9.17) is 4.52 Å². The lowest BCUT2D eigenvalue weighted by molar-refractivity contribution is -0.146. The van der Waals surface area contributed by atoms with E-state index in [0.29, 0.717) is 19.4 Å². The average Bonchev–Trinajstić information content (AvgIpc) is 3.40. The zero-order valence-corrected chi connectivity index (χ0v) is 29.7. The summed E-state index contributed by atoms with van der Waals surface area (Å²) in [6.45, 7) is 7.97. The van der Waals surface area contributed by atoms with Gasteiger partial charge in [0, 0.05) is 37.6 Å². The molecule has 2 unspecified atom stereocenters. The number of fused-ring (bicyclic) bond motifs is 1. The Kier molecular flexibility index (Phi) is 11.8. The zero-order valence-electron chi connectivity index (χ0n) is 29.7.